The molecule has 0 unspecified atom stereocenters. The fraction of sp³-hybridized carbons (Fsp3) is 0.810. The van der Waals surface area contributed by atoms with E-state index in [1.807, 2.05) is 19.9 Å². The van der Waals surface area contributed by atoms with Crippen molar-refractivity contribution in [1.82, 2.24) is 0 Å². The molecule has 0 amide bonds. The van der Waals surface area contributed by atoms with Crippen molar-refractivity contribution >= 4 is 0 Å². The molecule has 0 aromatic carbocycles. The molecule has 11 heteroatoms. The molecule has 0 radical (unpaired) electrons. The van der Waals surface area contributed by atoms with Crippen LogP contribution in [0.1, 0.15) is 27.2 Å². The lowest BCUT2D eigenvalue weighted by Gasteiger charge is -2.41. The largest absolute Gasteiger partial charge is 0.388 e. The molecule has 2 heterocycles. The highest BCUT2D eigenvalue weighted by Gasteiger charge is 2.45. The molecule has 32 heavy (non-hydrogen) atoms. The quantitative estimate of drug-likeness (QED) is 0.186. The molecule has 2 fully saturated rings. The predicted octanol–water partition coefficient (Wildman–Crippen LogP) is -2.07. The van der Waals surface area contributed by atoms with Gasteiger partial charge in [-0.05, 0) is 32.8 Å². The Morgan fingerprint density at radius 2 is 1.53 bits per heavy atom. The van der Waals surface area contributed by atoms with Crippen LogP contribution in [0.3, 0.4) is 0 Å². The predicted molar refractivity (Wildman–Crippen MR) is 110 cm³/mol. The van der Waals surface area contributed by atoms with Crippen LogP contribution in [0.25, 0.3) is 0 Å². The van der Waals surface area contributed by atoms with Crippen LogP contribution in [0, 0.1) is 0 Å². The molecule has 0 aromatic heterocycles. The average Bonchev–Trinajstić information content (AvgIpc) is 2.75. The molecule has 0 spiro atoms. The van der Waals surface area contributed by atoms with E-state index in [0.29, 0.717) is 12.0 Å². The van der Waals surface area contributed by atoms with Gasteiger partial charge in [0, 0.05) is 0 Å². The van der Waals surface area contributed by atoms with Crippen molar-refractivity contribution in [1.29, 1.82) is 0 Å². The number of aliphatic hydroxyl groups is 7. The van der Waals surface area contributed by atoms with Gasteiger partial charge in [0.15, 0.2) is 12.6 Å². The second kappa shape index (κ2) is 12.5. The van der Waals surface area contributed by atoms with Crippen molar-refractivity contribution < 1.29 is 54.7 Å². The van der Waals surface area contributed by atoms with Crippen LogP contribution in [0.4, 0.5) is 0 Å². The van der Waals surface area contributed by atoms with Crippen LogP contribution >= 0.6 is 0 Å². The van der Waals surface area contributed by atoms with E-state index in [2.05, 4.69) is 0 Å². The van der Waals surface area contributed by atoms with Crippen molar-refractivity contribution in [2.75, 3.05) is 19.8 Å². The molecule has 7 N–H and O–H groups in total. The molecule has 11 nitrogen and oxygen atoms in total. The standard InChI is InChI=1S/C21H36O11/c1-10(2)4-5-12(22)11(3)6-7-29-21-19(28)17(26)16(25)14(32-21)9-31-20-18(27)15(24)13(23)8-30-20/h4,6,12-28H,5,7-9H2,1-3H3/b11-6+/t12-,13+,14-,15+,16-,17+,18-,19-,20+,21-/m1/s1. The van der Waals surface area contributed by atoms with Crippen molar-refractivity contribution in [3.05, 3.63) is 23.3 Å². The number of ether oxygens (including phenoxy) is 4. The average molecular weight is 465 g/mol. The molecular formula is C21H36O11. The summed E-state index contributed by atoms with van der Waals surface area (Å²) >= 11 is 0. The molecule has 0 aromatic rings. The van der Waals surface area contributed by atoms with Gasteiger partial charge in [-0.15, -0.1) is 0 Å². The normalized spacial score (nSPS) is 39.6. The number of hydrogen-bond donors (Lipinski definition) is 7. The lowest BCUT2D eigenvalue weighted by Crippen LogP contribution is -2.60. The summed E-state index contributed by atoms with van der Waals surface area (Å²) in [5.74, 6) is 0. The summed E-state index contributed by atoms with van der Waals surface area (Å²) < 4.78 is 21.5. The number of rotatable bonds is 9. The van der Waals surface area contributed by atoms with E-state index < -0.39 is 61.4 Å². The second-order valence-electron chi connectivity index (χ2n) is 8.41. The van der Waals surface area contributed by atoms with Gasteiger partial charge in [-0.3, -0.25) is 0 Å². The summed E-state index contributed by atoms with van der Waals surface area (Å²) in [6, 6.07) is 0. The minimum absolute atomic E-state index is 0.0234. The van der Waals surface area contributed by atoms with Gasteiger partial charge >= 0.3 is 0 Å². The summed E-state index contributed by atoms with van der Waals surface area (Å²) in [7, 11) is 0. The first-order chi connectivity index (χ1) is 15.0. The third-order valence-electron chi connectivity index (χ3n) is 5.49. The van der Waals surface area contributed by atoms with Crippen molar-refractivity contribution in [2.24, 2.45) is 0 Å². The van der Waals surface area contributed by atoms with E-state index in [9.17, 15) is 35.7 Å². The Kier molecular flexibility index (Phi) is 10.6. The second-order valence-corrected chi connectivity index (χ2v) is 8.41. The van der Waals surface area contributed by atoms with Gasteiger partial charge in [-0.1, -0.05) is 17.7 Å². The van der Waals surface area contributed by atoms with Gasteiger partial charge in [0.25, 0.3) is 0 Å². The number of hydrogen-bond acceptors (Lipinski definition) is 11. The molecule has 2 rings (SSSR count). The van der Waals surface area contributed by atoms with Crippen molar-refractivity contribution in [3.63, 3.8) is 0 Å². The maximum atomic E-state index is 10.2. The van der Waals surface area contributed by atoms with Crippen molar-refractivity contribution in [2.45, 2.75) is 88.6 Å². The Bertz CT molecular complexity index is 635. The topological polar surface area (TPSA) is 179 Å². The van der Waals surface area contributed by atoms with E-state index in [0.717, 1.165) is 5.57 Å². The van der Waals surface area contributed by atoms with Gasteiger partial charge < -0.3 is 54.7 Å². The van der Waals surface area contributed by atoms with Gasteiger partial charge in [0.05, 0.1) is 25.9 Å². The summed E-state index contributed by atoms with van der Waals surface area (Å²) in [5, 5.41) is 69.7. The Balaban J connectivity index is 1.89. The Morgan fingerprint density at radius 3 is 2.19 bits per heavy atom. The summed E-state index contributed by atoms with van der Waals surface area (Å²) in [4.78, 5) is 0. The highest BCUT2D eigenvalue weighted by Crippen LogP contribution is 2.24. The van der Waals surface area contributed by atoms with E-state index in [4.69, 9.17) is 18.9 Å². The molecular weight excluding hydrogens is 428 g/mol. The third kappa shape index (κ3) is 7.27. The van der Waals surface area contributed by atoms with Crippen LogP contribution in [-0.4, -0.2) is 117 Å². The van der Waals surface area contributed by atoms with E-state index in [1.165, 1.54) is 0 Å². The molecule has 186 valence electrons. The zero-order chi connectivity index (χ0) is 24.0. The monoisotopic (exact) mass is 464 g/mol. The lowest BCUT2D eigenvalue weighted by molar-refractivity contribution is -0.319. The highest BCUT2D eigenvalue weighted by molar-refractivity contribution is 5.08. The lowest BCUT2D eigenvalue weighted by atomic mass is 9.99. The fourth-order valence-corrected chi connectivity index (χ4v) is 3.25. The third-order valence-corrected chi connectivity index (χ3v) is 5.49. The summed E-state index contributed by atoms with van der Waals surface area (Å²) in [6.07, 6.45) is -9.25. The maximum absolute atomic E-state index is 10.2. The van der Waals surface area contributed by atoms with Gasteiger partial charge in [-0.2, -0.15) is 0 Å². The SMILES string of the molecule is CC(C)=CC[C@@H](O)/C(C)=C/CO[C@@H]1O[C@H](CO[C@@H]2OC[C@H](O)[C@H](O)[C@H]2O)[C@@H](O)[C@H](O)[C@H]1O. The molecule has 2 aliphatic rings. The maximum Gasteiger partial charge on any atom is 0.187 e. The highest BCUT2D eigenvalue weighted by atomic mass is 16.7. The zero-order valence-corrected chi connectivity index (χ0v) is 18.5. The molecule has 0 saturated carbocycles. The first kappa shape index (κ1) is 27.3. The van der Waals surface area contributed by atoms with Gasteiger partial charge in [0.2, 0.25) is 0 Å². The molecule has 10 atom stereocenters. The van der Waals surface area contributed by atoms with Crippen molar-refractivity contribution in [3.8, 4) is 0 Å². The fourth-order valence-electron chi connectivity index (χ4n) is 3.25. The molecule has 0 bridgehead atoms. The molecule has 0 aliphatic carbocycles. The van der Waals surface area contributed by atoms with Crippen LogP contribution in [-0.2, 0) is 18.9 Å². The van der Waals surface area contributed by atoms with Gasteiger partial charge in [0.1, 0.15) is 42.7 Å². The Hall–Kier alpha value is -0.960. The van der Waals surface area contributed by atoms with E-state index in [1.54, 1.807) is 13.0 Å². The first-order valence-electron chi connectivity index (χ1n) is 10.6. The minimum atomic E-state index is -1.58. The van der Waals surface area contributed by atoms with Gasteiger partial charge in [-0.25, -0.2) is 0 Å². The summed E-state index contributed by atoms with van der Waals surface area (Å²) in [5.41, 5.74) is 1.75. The van der Waals surface area contributed by atoms with Crippen LogP contribution in [0.2, 0.25) is 0 Å². The van der Waals surface area contributed by atoms with E-state index in [-0.39, 0.29) is 19.8 Å². The van der Waals surface area contributed by atoms with Crippen LogP contribution in [0.15, 0.2) is 23.3 Å². The number of aliphatic hydroxyl groups excluding tert-OH is 7. The van der Waals surface area contributed by atoms with E-state index >= 15 is 0 Å². The molecule has 2 aliphatic heterocycles. The van der Waals surface area contributed by atoms with Crippen LogP contribution in [0.5, 0.6) is 0 Å². The van der Waals surface area contributed by atoms with Crippen LogP contribution < -0.4 is 0 Å². The Labute approximate surface area is 187 Å². The number of allylic oxidation sites excluding steroid dienone is 1. The molecule has 2 saturated heterocycles. The summed E-state index contributed by atoms with van der Waals surface area (Å²) in [6.45, 7) is 4.97. The minimum Gasteiger partial charge on any atom is -0.388 e. The zero-order valence-electron chi connectivity index (χ0n) is 18.5. The smallest absolute Gasteiger partial charge is 0.187 e. The first-order valence-corrected chi connectivity index (χ1v) is 10.6. The Morgan fingerprint density at radius 1 is 0.875 bits per heavy atom.